The maximum absolute atomic E-state index is 13.6. The molecule has 6 N–H and O–H groups in total. The van der Waals surface area contributed by atoms with E-state index in [2.05, 4.69) is 35.4 Å². The van der Waals surface area contributed by atoms with Crippen molar-refractivity contribution in [3.05, 3.63) is 88.9 Å². The van der Waals surface area contributed by atoms with Gasteiger partial charge in [-0.05, 0) is 17.2 Å². The molecule has 0 bridgehead atoms. The van der Waals surface area contributed by atoms with E-state index in [0.29, 0.717) is 102 Å². The third-order valence-electron chi connectivity index (χ3n) is 11.1. The Morgan fingerprint density at radius 1 is 0.753 bits per heavy atom. The van der Waals surface area contributed by atoms with E-state index in [4.69, 9.17) is 73.3 Å². The number of nitrogens with zero attached hydrogens (tertiary/aromatic N) is 7. The monoisotopic (exact) mass is 1210 g/mol. The van der Waals surface area contributed by atoms with Crippen LogP contribution < -0.4 is 10.1 Å². The number of benzene rings is 2. The maximum atomic E-state index is 13.6. The maximum Gasteiger partial charge on any atom is 0.340 e. The molecule has 6 atom stereocenters. The summed E-state index contributed by atoms with van der Waals surface area (Å²) in [4.78, 5) is 48.4. The molecule has 1 unspecified atom stereocenters. The number of aliphatic hydroxyl groups is 2. The number of aromatic nitrogens is 7. The van der Waals surface area contributed by atoms with E-state index < -0.39 is 87.5 Å². The second kappa shape index (κ2) is 34.2. The zero-order valence-electron chi connectivity index (χ0n) is 43.5. The minimum absolute atomic E-state index is 0.0650. The molecule has 450 valence electrons. The van der Waals surface area contributed by atoms with Crippen LogP contribution in [-0.4, -0.2) is 209 Å². The molecule has 1 aliphatic heterocycles. The summed E-state index contributed by atoms with van der Waals surface area (Å²) in [5.41, 5.74) is 1.60. The van der Waals surface area contributed by atoms with Crippen LogP contribution in [0.4, 0.5) is 19.0 Å². The van der Waals surface area contributed by atoms with E-state index in [-0.39, 0.29) is 69.4 Å². The highest BCUT2D eigenvalue weighted by Gasteiger charge is 2.46. The minimum Gasteiger partial charge on any atom is -0.420 e. The Hall–Kier alpha value is -4.70. The summed E-state index contributed by atoms with van der Waals surface area (Å²) in [5.74, 6) is -6.85. The molecule has 0 amide bonds. The molecule has 1 fully saturated rings. The molecule has 0 saturated carbocycles. The predicted octanol–water partition coefficient (Wildman–Crippen LogP) is 2.94. The van der Waals surface area contributed by atoms with E-state index in [0.717, 1.165) is 10.2 Å². The van der Waals surface area contributed by atoms with Gasteiger partial charge in [0.25, 0.3) is 0 Å². The van der Waals surface area contributed by atoms with Gasteiger partial charge >= 0.3 is 21.2 Å². The van der Waals surface area contributed by atoms with Crippen LogP contribution in [-0.2, 0) is 79.0 Å². The second-order valence-electron chi connectivity index (χ2n) is 17.4. The highest BCUT2D eigenvalue weighted by Crippen LogP contribution is 2.55. The van der Waals surface area contributed by atoms with Crippen LogP contribution >= 0.6 is 26.8 Å². The van der Waals surface area contributed by atoms with Gasteiger partial charge in [-0.2, -0.15) is 15.1 Å². The van der Waals surface area contributed by atoms with Crippen molar-refractivity contribution in [2.45, 2.75) is 50.2 Å². The van der Waals surface area contributed by atoms with Gasteiger partial charge in [0.15, 0.2) is 29.4 Å². The Morgan fingerprint density at radius 3 is 1.93 bits per heavy atom. The van der Waals surface area contributed by atoms with Gasteiger partial charge < -0.3 is 86.8 Å². The number of rotatable bonds is 41. The Kier molecular flexibility index (Phi) is 27.6. The first-order valence-electron chi connectivity index (χ1n) is 25.1. The highest BCUT2D eigenvalue weighted by atomic mass is 35.5. The average Bonchev–Trinajstić information content (AvgIpc) is 4.04. The summed E-state index contributed by atoms with van der Waals surface area (Å²) in [6, 6.07) is 9.74. The normalized spacial score (nSPS) is 17.7. The van der Waals surface area contributed by atoms with Crippen molar-refractivity contribution in [2.24, 2.45) is 0 Å². The van der Waals surface area contributed by atoms with Crippen LogP contribution in [0.1, 0.15) is 29.9 Å². The molecular formula is C47H64ClF3N8O20P2. The molecule has 1 aliphatic rings. The summed E-state index contributed by atoms with van der Waals surface area (Å²) in [6.07, 6.45) is -3.16. The molecule has 0 spiro atoms. The van der Waals surface area contributed by atoms with Crippen molar-refractivity contribution in [2.75, 3.05) is 130 Å². The van der Waals surface area contributed by atoms with E-state index in [1.165, 1.54) is 6.20 Å². The Balaban J connectivity index is 0.743. The SMILES string of the molecule is O=C(CCOCCOCCOCCOCCn1cc(COCCOCCOCCOCCOC[C@@H](Nc2nc(Cl)nc3c2cnn3[C@@H]2O[C@H](COP(=O)(O)CP(=O)(O)O)[C@@H](O)[C@H]2O)c2ccccc2)nn1)Oc1c(F)cc(F)cc1F. The van der Waals surface area contributed by atoms with Crippen molar-refractivity contribution < 1.29 is 109 Å². The van der Waals surface area contributed by atoms with Crippen LogP contribution in [0.15, 0.2) is 54.9 Å². The number of esters is 1. The fraction of sp³-hybridized carbons (Fsp3) is 0.574. The molecular weight excluding hydrogens is 1150 g/mol. The number of ether oxygens (including phenoxy) is 11. The van der Waals surface area contributed by atoms with Gasteiger partial charge in [0.05, 0.1) is 162 Å². The number of carbonyl (C=O) groups is 1. The first-order chi connectivity index (χ1) is 39.0. The third-order valence-corrected chi connectivity index (χ3v) is 14.8. The lowest BCUT2D eigenvalue weighted by atomic mass is 10.1. The first kappa shape index (κ1) is 65.5. The van der Waals surface area contributed by atoms with Gasteiger partial charge in [-0.1, -0.05) is 35.5 Å². The number of carbonyl (C=O) groups excluding carboxylic acids is 1. The van der Waals surface area contributed by atoms with Crippen molar-refractivity contribution in [3.8, 4) is 5.75 Å². The van der Waals surface area contributed by atoms with E-state index in [1.54, 1.807) is 10.9 Å². The number of hydrogen-bond donors (Lipinski definition) is 6. The molecule has 0 radical (unpaired) electrons. The van der Waals surface area contributed by atoms with Crippen LogP contribution in [0.2, 0.25) is 5.28 Å². The molecule has 4 heterocycles. The fourth-order valence-corrected chi connectivity index (χ4v) is 10.1. The number of anilines is 1. The number of halogens is 4. The van der Waals surface area contributed by atoms with Crippen LogP contribution in [0, 0.1) is 17.5 Å². The molecule has 5 aromatic rings. The van der Waals surface area contributed by atoms with E-state index in [9.17, 15) is 42.2 Å². The number of nitrogens with one attached hydrogen (secondary N) is 1. The quantitative estimate of drug-likeness (QED) is 0.0108. The highest BCUT2D eigenvalue weighted by molar-refractivity contribution is 7.70. The number of aliphatic hydroxyl groups excluding tert-OH is 2. The summed E-state index contributed by atoms with van der Waals surface area (Å²) in [5, 5.41) is 37.5. The van der Waals surface area contributed by atoms with Gasteiger partial charge in [-0.25, -0.2) is 22.5 Å². The zero-order valence-corrected chi connectivity index (χ0v) is 46.1. The van der Waals surface area contributed by atoms with E-state index >= 15 is 0 Å². The Labute approximate surface area is 466 Å². The second-order valence-corrected chi connectivity index (χ2v) is 21.7. The summed E-state index contributed by atoms with van der Waals surface area (Å²) < 4.78 is 132. The van der Waals surface area contributed by atoms with Gasteiger partial charge in [0.2, 0.25) is 11.0 Å². The molecule has 1 saturated heterocycles. The van der Waals surface area contributed by atoms with Crippen LogP contribution in [0.3, 0.4) is 0 Å². The zero-order chi connectivity index (χ0) is 58.0. The summed E-state index contributed by atoms with van der Waals surface area (Å²) in [7, 11) is -9.69. The van der Waals surface area contributed by atoms with Crippen molar-refractivity contribution in [3.63, 3.8) is 0 Å². The Bertz CT molecular complexity index is 2760. The van der Waals surface area contributed by atoms with Gasteiger partial charge in [0.1, 0.15) is 35.6 Å². The molecule has 81 heavy (non-hydrogen) atoms. The van der Waals surface area contributed by atoms with E-state index in [1.807, 2.05) is 30.3 Å². The lowest BCUT2D eigenvalue weighted by molar-refractivity contribution is -0.136. The predicted molar refractivity (Wildman–Crippen MR) is 275 cm³/mol. The van der Waals surface area contributed by atoms with Crippen molar-refractivity contribution in [1.29, 1.82) is 0 Å². The first-order valence-corrected chi connectivity index (χ1v) is 29.1. The van der Waals surface area contributed by atoms with Gasteiger partial charge in [0, 0.05) is 12.1 Å². The molecule has 2 aromatic carbocycles. The molecule has 6 rings (SSSR count). The molecule has 0 aliphatic carbocycles. The van der Waals surface area contributed by atoms with Crippen molar-refractivity contribution in [1.82, 2.24) is 34.7 Å². The summed E-state index contributed by atoms with van der Waals surface area (Å²) in [6.45, 7) is 4.78. The van der Waals surface area contributed by atoms with Crippen LogP contribution in [0.25, 0.3) is 11.0 Å². The smallest absolute Gasteiger partial charge is 0.340 e. The third kappa shape index (κ3) is 23.1. The van der Waals surface area contributed by atoms with Gasteiger partial charge in [-0.15, -0.1) is 5.10 Å². The topological polar surface area (TPSA) is 349 Å². The van der Waals surface area contributed by atoms with Gasteiger partial charge in [-0.3, -0.25) is 13.9 Å². The van der Waals surface area contributed by atoms with Crippen LogP contribution in [0.5, 0.6) is 5.75 Å². The standard InChI is InChI=1S/C47H64ClF3N8O20P2/c48-47-54-44(35-26-52-59(45(35)55-47)46-42(62)41(61)39(78-46)30-77-81(66,67)31-80(63,64)65)53-38(32-4-2-1-3-5-32)29-76-23-21-74-19-17-72-16-18-73-20-22-75-28-34-27-58(57-56-34)7-9-69-11-13-71-15-14-70-12-10-68-8-6-40(60)79-43-36(50)24-33(49)25-37(43)51/h1-5,24-27,38-39,41-42,46,61-62H,6-23,28-31H2,(H,66,67)(H,53,54,55)(H2,63,64,65)/t38-,39-,41-,42-,46-/m1/s1. The molecule has 28 nitrogen and oxygen atoms in total. The summed E-state index contributed by atoms with van der Waals surface area (Å²) >= 11 is 6.35. The number of hydrogen-bond acceptors (Lipinski definition) is 23. The number of fused-ring (bicyclic) bond motifs is 1. The fourth-order valence-electron chi connectivity index (χ4n) is 7.34. The van der Waals surface area contributed by atoms with Crippen molar-refractivity contribution >= 4 is 49.6 Å². The molecule has 3 aromatic heterocycles. The lowest BCUT2D eigenvalue weighted by Gasteiger charge is -2.21. The average molecular weight is 1220 g/mol. The molecule has 34 heteroatoms. The Morgan fingerprint density at radius 2 is 1.32 bits per heavy atom. The minimum atomic E-state index is -4.91. The largest absolute Gasteiger partial charge is 0.420 e. The lowest BCUT2D eigenvalue weighted by Crippen LogP contribution is -2.33.